The summed E-state index contributed by atoms with van der Waals surface area (Å²) in [6.45, 7) is 2.32. The summed E-state index contributed by atoms with van der Waals surface area (Å²) in [5, 5.41) is 12.6. The highest BCUT2D eigenvalue weighted by atomic mass is 16.5. The van der Waals surface area contributed by atoms with Crippen LogP contribution in [0.2, 0.25) is 0 Å². The van der Waals surface area contributed by atoms with Gasteiger partial charge in [-0.25, -0.2) is 0 Å². The molecule has 2 N–H and O–H groups in total. The molecule has 19 heavy (non-hydrogen) atoms. The molecule has 108 valence electrons. The van der Waals surface area contributed by atoms with Gasteiger partial charge in [0.05, 0.1) is 6.61 Å². The lowest BCUT2D eigenvalue weighted by atomic mass is 10.1. The van der Waals surface area contributed by atoms with E-state index in [0.717, 1.165) is 12.0 Å². The molecule has 4 nitrogen and oxygen atoms in total. The fourth-order valence-electron chi connectivity index (χ4n) is 1.45. The van der Waals surface area contributed by atoms with E-state index in [1.54, 1.807) is 7.11 Å². The van der Waals surface area contributed by atoms with E-state index in [-0.39, 0.29) is 12.6 Å². The van der Waals surface area contributed by atoms with Crippen molar-refractivity contribution >= 4 is 0 Å². The first-order valence-corrected chi connectivity index (χ1v) is 6.51. The van der Waals surface area contributed by atoms with Crippen molar-refractivity contribution in [2.45, 2.75) is 32.4 Å². The molecule has 0 spiro atoms. The molecule has 1 aromatic rings. The van der Waals surface area contributed by atoms with E-state index in [9.17, 15) is 5.11 Å². The number of nitrogens with one attached hydrogen (secondary N) is 1. The minimum absolute atomic E-state index is 0.0604. The van der Waals surface area contributed by atoms with Crippen molar-refractivity contribution in [1.29, 1.82) is 0 Å². The Morgan fingerprint density at radius 3 is 2.58 bits per heavy atom. The van der Waals surface area contributed by atoms with Crippen LogP contribution in [0.25, 0.3) is 0 Å². The summed E-state index contributed by atoms with van der Waals surface area (Å²) in [7, 11) is 1.66. The average Bonchev–Trinajstić information content (AvgIpc) is 2.42. The highest BCUT2D eigenvalue weighted by Crippen LogP contribution is 2.12. The van der Waals surface area contributed by atoms with Crippen molar-refractivity contribution in [2.75, 3.05) is 26.8 Å². The summed E-state index contributed by atoms with van der Waals surface area (Å²) in [5.41, 5.74) is 1.14. The van der Waals surface area contributed by atoms with Crippen LogP contribution in [0.3, 0.4) is 0 Å². The number of aliphatic hydroxyl groups excluding tert-OH is 1. The third-order valence-corrected chi connectivity index (χ3v) is 2.46. The summed E-state index contributed by atoms with van der Waals surface area (Å²) in [5.74, 6) is 0.607. The van der Waals surface area contributed by atoms with Crippen LogP contribution in [0.15, 0.2) is 24.3 Å². The third kappa shape index (κ3) is 7.15. The SMILES string of the molecule is [2H]C([2H])(NC(C)C)C(O)COc1ccc(CCOC)cc1. The molecule has 1 unspecified atom stereocenters. The van der Waals surface area contributed by atoms with Crippen LogP contribution < -0.4 is 10.1 Å². The first-order valence-electron chi connectivity index (χ1n) is 7.51. The topological polar surface area (TPSA) is 50.7 Å². The van der Waals surface area contributed by atoms with Crippen molar-refractivity contribution < 1.29 is 17.3 Å². The number of hydrogen-bond donors (Lipinski definition) is 2. The van der Waals surface area contributed by atoms with E-state index in [1.165, 1.54) is 0 Å². The molecule has 1 rings (SSSR count). The molecule has 0 aliphatic rings. The first-order chi connectivity index (χ1) is 9.85. The van der Waals surface area contributed by atoms with Crippen molar-refractivity contribution in [3.63, 3.8) is 0 Å². The lowest BCUT2D eigenvalue weighted by molar-refractivity contribution is 0.104. The number of hydrogen-bond acceptors (Lipinski definition) is 4. The molecule has 0 aliphatic heterocycles. The lowest BCUT2D eigenvalue weighted by Gasteiger charge is -2.15. The first kappa shape index (κ1) is 12.9. The molecule has 0 bridgehead atoms. The van der Waals surface area contributed by atoms with Gasteiger partial charge in [-0.05, 0) is 24.1 Å². The second kappa shape index (κ2) is 8.91. The third-order valence-electron chi connectivity index (χ3n) is 2.46. The van der Waals surface area contributed by atoms with Gasteiger partial charge in [-0.3, -0.25) is 0 Å². The maximum absolute atomic E-state index is 9.88. The zero-order chi connectivity index (χ0) is 15.9. The standard InChI is InChI=1S/C15H25NO3/c1-12(2)16-10-14(17)11-19-15-6-4-13(5-7-15)8-9-18-3/h4-7,12,14,16-17H,8-11H2,1-3H3/i10D2. The molecule has 0 aliphatic carbocycles. The number of rotatable bonds is 9. The highest BCUT2D eigenvalue weighted by molar-refractivity contribution is 5.27. The van der Waals surface area contributed by atoms with Crippen LogP contribution in [-0.4, -0.2) is 44.1 Å². The van der Waals surface area contributed by atoms with Crippen LogP contribution in [0.4, 0.5) is 0 Å². The second-order valence-corrected chi connectivity index (χ2v) is 4.66. The van der Waals surface area contributed by atoms with Crippen molar-refractivity contribution in [3.05, 3.63) is 29.8 Å². The van der Waals surface area contributed by atoms with Crippen molar-refractivity contribution in [1.82, 2.24) is 5.32 Å². The van der Waals surface area contributed by atoms with E-state index in [2.05, 4.69) is 5.32 Å². The van der Waals surface area contributed by atoms with E-state index >= 15 is 0 Å². The van der Waals surface area contributed by atoms with E-state index in [4.69, 9.17) is 12.2 Å². The fraction of sp³-hybridized carbons (Fsp3) is 0.600. The van der Waals surface area contributed by atoms with Gasteiger partial charge in [0, 0.05) is 22.4 Å². The fourth-order valence-corrected chi connectivity index (χ4v) is 1.45. The maximum Gasteiger partial charge on any atom is 0.119 e. The lowest BCUT2D eigenvalue weighted by Crippen LogP contribution is -2.35. The van der Waals surface area contributed by atoms with Crippen LogP contribution in [-0.2, 0) is 11.2 Å². The Morgan fingerprint density at radius 1 is 1.32 bits per heavy atom. The van der Waals surface area contributed by atoms with Gasteiger partial charge < -0.3 is 19.9 Å². The molecule has 1 atom stereocenters. The molecular formula is C15H25NO3. The average molecular weight is 269 g/mol. The molecule has 0 amide bonds. The minimum Gasteiger partial charge on any atom is -0.491 e. The van der Waals surface area contributed by atoms with Gasteiger partial charge in [0.2, 0.25) is 0 Å². The van der Waals surface area contributed by atoms with Gasteiger partial charge in [-0.2, -0.15) is 0 Å². The van der Waals surface area contributed by atoms with Gasteiger partial charge in [-0.15, -0.1) is 0 Å². The summed E-state index contributed by atoms with van der Waals surface area (Å²) < 4.78 is 25.9. The molecule has 4 heteroatoms. The smallest absolute Gasteiger partial charge is 0.119 e. The second-order valence-electron chi connectivity index (χ2n) is 4.66. The Kier molecular flexibility index (Phi) is 6.05. The van der Waals surface area contributed by atoms with Crippen molar-refractivity contribution in [2.24, 2.45) is 0 Å². The Morgan fingerprint density at radius 2 is 2.00 bits per heavy atom. The van der Waals surface area contributed by atoms with Gasteiger partial charge in [-0.1, -0.05) is 26.0 Å². The molecular weight excluding hydrogens is 242 g/mol. The van der Waals surface area contributed by atoms with E-state index < -0.39 is 12.6 Å². The normalized spacial score (nSPS) is 15.0. The number of ether oxygens (including phenoxy) is 2. The predicted octanol–water partition coefficient (Wildman–Crippen LogP) is 1.61. The molecule has 0 saturated heterocycles. The summed E-state index contributed by atoms with van der Waals surface area (Å²) in [6.07, 6.45) is -0.409. The molecule has 0 radical (unpaired) electrons. The number of benzene rings is 1. The molecule has 0 heterocycles. The summed E-state index contributed by atoms with van der Waals surface area (Å²) >= 11 is 0. The Bertz CT molecular complexity index is 410. The minimum atomic E-state index is -1.88. The summed E-state index contributed by atoms with van der Waals surface area (Å²) in [4.78, 5) is 0. The van der Waals surface area contributed by atoms with Gasteiger partial charge in [0.1, 0.15) is 18.5 Å². The van der Waals surface area contributed by atoms with Gasteiger partial charge in [0.25, 0.3) is 0 Å². The van der Waals surface area contributed by atoms with Gasteiger partial charge >= 0.3 is 0 Å². The van der Waals surface area contributed by atoms with Gasteiger partial charge in [0.15, 0.2) is 0 Å². The van der Waals surface area contributed by atoms with Crippen molar-refractivity contribution in [3.8, 4) is 5.75 Å². The molecule has 0 aromatic heterocycles. The zero-order valence-corrected chi connectivity index (χ0v) is 11.8. The van der Waals surface area contributed by atoms with Crippen LogP contribution >= 0.6 is 0 Å². The predicted molar refractivity (Wildman–Crippen MR) is 76.7 cm³/mol. The monoisotopic (exact) mass is 269 g/mol. The largest absolute Gasteiger partial charge is 0.491 e. The highest BCUT2D eigenvalue weighted by Gasteiger charge is 2.05. The quantitative estimate of drug-likeness (QED) is 0.715. The molecule has 0 saturated carbocycles. The van der Waals surface area contributed by atoms with E-state index in [0.29, 0.717) is 12.4 Å². The Balaban J connectivity index is 2.47. The van der Waals surface area contributed by atoms with E-state index in [1.807, 2.05) is 38.1 Å². The Hall–Kier alpha value is -1.10. The van der Waals surface area contributed by atoms with Crippen LogP contribution in [0.1, 0.15) is 22.2 Å². The van der Waals surface area contributed by atoms with Crippen LogP contribution in [0.5, 0.6) is 5.75 Å². The number of aliphatic hydroxyl groups is 1. The Labute approximate surface area is 118 Å². The molecule has 1 aromatic carbocycles. The molecule has 0 fully saturated rings. The zero-order valence-electron chi connectivity index (χ0n) is 13.8. The maximum atomic E-state index is 9.88. The summed E-state index contributed by atoms with van der Waals surface area (Å²) in [6, 6.07) is 7.42. The van der Waals surface area contributed by atoms with Crippen LogP contribution in [0, 0.1) is 0 Å². The number of methoxy groups -OCH3 is 1.